The Morgan fingerprint density at radius 2 is 1.62 bits per heavy atom. The van der Waals surface area contributed by atoms with Gasteiger partial charge in [-0.3, -0.25) is 19.3 Å². The van der Waals surface area contributed by atoms with Gasteiger partial charge in [0.25, 0.3) is 5.91 Å². The second kappa shape index (κ2) is 9.54. The normalized spacial score (nSPS) is 15.2. The highest BCUT2D eigenvalue weighted by Crippen LogP contribution is 2.27. The Morgan fingerprint density at radius 3 is 2.17 bits per heavy atom. The molecule has 29 heavy (non-hydrogen) atoms. The van der Waals surface area contributed by atoms with Crippen LogP contribution in [-0.4, -0.2) is 47.3 Å². The minimum atomic E-state index is -0.930. The van der Waals surface area contributed by atoms with Gasteiger partial charge >= 0.3 is 6.03 Å². The number of amides is 5. The Bertz CT molecular complexity index is 780. The van der Waals surface area contributed by atoms with Crippen molar-refractivity contribution in [2.75, 3.05) is 18.4 Å². The highest BCUT2D eigenvalue weighted by atomic mass is 16.2. The average Bonchev–Trinajstić information content (AvgIpc) is 2.88. The van der Waals surface area contributed by atoms with Gasteiger partial charge < -0.3 is 16.0 Å². The van der Waals surface area contributed by atoms with E-state index < -0.39 is 24.0 Å². The van der Waals surface area contributed by atoms with Crippen molar-refractivity contribution >= 4 is 29.4 Å². The third kappa shape index (κ3) is 5.13. The van der Waals surface area contributed by atoms with Crippen LogP contribution in [0.1, 0.15) is 50.7 Å². The summed E-state index contributed by atoms with van der Waals surface area (Å²) in [5.74, 6) is -1.31. The van der Waals surface area contributed by atoms with Crippen LogP contribution >= 0.6 is 0 Å². The number of rotatable bonds is 9. The highest BCUT2D eigenvalue weighted by molar-refractivity contribution is 6.09. The Kier molecular flexibility index (Phi) is 7.36. The SMILES string of the molecule is CCCC1(CCC)NC(=O)N(CC(=O)NCC(=O)Nc2c(C)cccc2C)C1=O. The molecule has 1 heterocycles. The first-order chi connectivity index (χ1) is 13.7. The quantitative estimate of drug-likeness (QED) is 0.551. The lowest BCUT2D eigenvalue weighted by Crippen LogP contribution is -2.47. The molecule has 2 rings (SSSR count). The third-order valence-electron chi connectivity index (χ3n) is 5.09. The van der Waals surface area contributed by atoms with Crippen LogP contribution in [0, 0.1) is 13.8 Å². The number of hydrogen-bond acceptors (Lipinski definition) is 4. The molecule has 0 atom stereocenters. The van der Waals surface area contributed by atoms with E-state index in [-0.39, 0.29) is 18.4 Å². The van der Waals surface area contributed by atoms with Crippen molar-refractivity contribution in [3.05, 3.63) is 29.3 Å². The topological polar surface area (TPSA) is 108 Å². The molecule has 0 radical (unpaired) electrons. The molecule has 8 nitrogen and oxygen atoms in total. The zero-order chi connectivity index (χ0) is 21.6. The molecule has 158 valence electrons. The van der Waals surface area contributed by atoms with E-state index in [0.717, 1.165) is 28.9 Å². The number of para-hydroxylation sites is 1. The first-order valence-corrected chi connectivity index (χ1v) is 10.0. The third-order valence-corrected chi connectivity index (χ3v) is 5.09. The first-order valence-electron chi connectivity index (χ1n) is 10.0. The summed E-state index contributed by atoms with van der Waals surface area (Å²) in [6, 6.07) is 5.11. The summed E-state index contributed by atoms with van der Waals surface area (Å²) in [5.41, 5.74) is 1.63. The van der Waals surface area contributed by atoms with Crippen LogP contribution in [0.2, 0.25) is 0 Å². The van der Waals surface area contributed by atoms with Crippen LogP contribution in [0.15, 0.2) is 18.2 Å². The van der Waals surface area contributed by atoms with E-state index in [2.05, 4.69) is 16.0 Å². The fraction of sp³-hybridized carbons (Fsp3) is 0.524. The average molecular weight is 402 g/mol. The summed E-state index contributed by atoms with van der Waals surface area (Å²) >= 11 is 0. The molecule has 0 aliphatic carbocycles. The minimum Gasteiger partial charge on any atom is -0.345 e. The number of urea groups is 1. The molecule has 3 N–H and O–H groups in total. The van der Waals surface area contributed by atoms with E-state index >= 15 is 0 Å². The van der Waals surface area contributed by atoms with Gasteiger partial charge in [-0.05, 0) is 37.8 Å². The van der Waals surface area contributed by atoms with Gasteiger partial charge in [0.1, 0.15) is 12.1 Å². The monoisotopic (exact) mass is 402 g/mol. The van der Waals surface area contributed by atoms with Crippen LogP contribution in [0.3, 0.4) is 0 Å². The zero-order valence-corrected chi connectivity index (χ0v) is 17.6. The van der Waals surface area contributed by atoms with Crippen LogP contribution in [0.25, 0.3) is 0 Å². The number of imide groups is 1. The maximum absolute atomic E-state index is 12.8. The maximum Gasteiger partial charge on any atom is 0.325 e. The molecule has 1 aliphatic heterocycles. The lowest BCUT2D eigenvalue weighted by Gasteiger charge is -2.25. The molecule has 1 aliphatic rings. The summed E-state index contributed by atoms with van der Waals surface area (Å²) in [6.45, 7) is 7.01. The predicted octanol–water partition coefficient (Wildman–Crippen LogP) is 2.25. The zero-order valence-electron chi connectivity index (χ0n) is 17.6. The summed E-state index contributed by atoms with van der Waals surface area (Å²) < 4.78 is 0. The number of nitrogens with zero attached hydrogens (tertiary/aromatic N) is 1. The number of hydrogen-bond donors (Lipinski definition) is 3. The molecule has 5 amide bonds. The van der Waals surface area contributed by atoms with E-state index in [9.17, 15) is 19.2 Å². The van der Waals surface area contributed by atoms with Crippen molar-refractivity contribution in [1.82, 2.24) is 15.5 Å². The molecule has 0 saturated carbocycles. The van der Waals surface area contributed by atoms with Gasteiger partial charge in [0.15, 0.2) is 0 Å². The van der Waals surface area contributed by atoms with Gasteiger partial charge in [-0.1, -0.05) is 44.9 Å². The molecule has 0 aromatic heterocycles. The van der Waals surface area contributed by atoms with Gasteiger partial charge in [0.05, 0.1) is 6.54 Å². The standard InChI is InChI=1S/C21H30N4O4/c1-5-10-21(11-6-2)19(28)25(20(29)24-21)13-17(27)22-12-16(26)23-18-14(3)8-7-9-15(18)4/h7-9H,5-6,10-13H2,1-4H3,(H,22,27)(H,23,26)(H,24,29). The van der Waals surface area contributed by atoms with Crippen molar-refractivity contribution in [3.8, 4) is 0 Å². The molecule has 1 aromatic carbocycles. The summed E-state index contributed by atoms with van der Waals surface area (Å²) in [6.07, 6.45) is 2.54. The van der Waals surface area contributed by atoms with Gasteiger partial charge in [-0.25, -0.2) is 4.79 Å². The number of carbonyl (C=O) groups is 4. The van der Waals surface area contributed by atoms with Gasteiger partial charge in [0.2, 0.25) is 11.8 Å². The number of aryl methyl sites for hydroxylation is 2. The molecule has 0 spiro atoms. The van der Waals surface area contributed by atoms with E-state index in [0.29, 0.717) is 18.5 Å². The predicted molar refractivity (Wildman–Crippen MR) is 110 cm³/mol. The van der Waals surface area contributed by atoms with Crippen LogP contribution in [0.4, 0.5) is 10.5 Å². The lowest BCUT2D eigenvalue weighted by atomic mass is 9.88. The number of nitrogens with one attached hydrogen (secondary N) is 3. The van der Waals surface area contributed by atoms with Gasteiger partial charge in [-0.15, -0.1) is 0 Å². The van der Waals surface area contributed by atoms with E-state index in [1.807, 2.05) is 45.9 Å². The van der Waals surface area contributed by atoms with Crippen LogP contribution in [-0.2, 0) is 14.4 Å². The van der Waals surface area contributed by atoms with Crippen molar-refractivity contribution < 1.29 is 19.2 Å². The molecule has 8 heteroatoms. The Morgan fingerprint density at radius 1 is 1.03 bits per heavy atom. The number of carbonyl (C=O) groups excluding carboxylic acids is 4. The minimum absolute atomic E-state index is 0.245. The molecular formula is C21H30N4O4. The van der Waals surface area contributed by atoms with Crippen molar-refractivity contribution in [1.29, 1.82) is 0 Å². The fourth-order valence-corrected chi connectivity index (χ4v) is 3.71. The second-order valence-corrected chi connectivity index (χ2v) is 7.50. The van der Waals surface area contributed by atoms with E-state index in [4.69, 9.17) is 0 Å². The first kappa shape index (κ1) is 22.4. The van der Waals surface area contributed by atoms with Gasteiger partial charge in [0, 0.05) is 5.69 Å². The van der Waals surface area contributed by atoms with Gasteiger partial charge in [-0.2, -0.15) is 0 Å². The summed E-state index contributed by atoms with van der Waals surface area (Å²) in [7, 11) is 0. The molecule has 1 aromatic rings. The summed E-state index contributed by atoms with van der Waals surface area (Å²) in [5, 5.41) is 8.02. The molecule has 1 saturated heterocycles. The largest absolute Gasteiger partial charge is 0.345 e. The fourth-order valence-electron chi connectivity index (χ4n) is 3.71. The lowest BCUT2D eigenvalue weighted by molar-refractivity contribution is -0.135. The van der Waals surface area contributed by atoms with Crippen LogP contribution < -0.4 is 16.0 Å². The smallest absolute Gasteiger partial charge is 0.325 e. The maximum atomic E-state index is 12.8. The summed E-state index contributed by atoms with van der Waals surface area (Å²) in [4.78, 5) is 50.4. The number of benzene rings is 1. The molecule has 0 bridgehead atoms. The highest BCUT2D eigenvalue weighted by Gasteiger charge is 2.50. The second-order valence-electron chi connectivity index (χ2n) is 7.50. The van der Waals surface area contributed by atoms with Crippen molar-refractivity contribution in [2.45, 2.75) is 58.9 Å². The van der Waals surface area contributed by atoms with E-state index in [1.54, 1.807) is 0 Å². The molecular weight excluding hydrogens is 372 g/mol. The van der Waals surface area contributed by atoms with Crippen molar-refractivity contribution in [3.63, 3.8) is 0 Å². The van der Waals surface area contributed by atoms with Crippen LogP contribution in [0.5, 0.6) is 0 Å². The Labute approximate surface area is 171 Å². The van der Waals surface area contributed by atoms with Crippen molar-refractivity contribution in [2.24, 2.45) is 0 Å². The Balaban J connectivity index is 1.92. The van der Waals surface area contributed by atoms with E-state index in [1.165, 1.54) is 0 Å². The Hall–Kier alpha value is -2.90. The number of anilines is 1. The molecule has 0 unspecified atom stereocenters. The molecule has 1 fully saturated rings.